The summed E-state index contributed by atoms with van der Waals surface area (Å²) in [6, 6.07) is 1.41. The summed E-state index contributed by atoms with van der Waals surface area (Å²) in [7, 11) is 1.33. The first-order valence-electron chi connectivity index (χ1n) is 5.28. The summed E-state index contributed by atoms with van der Waals surface area (Å²) in [6.07, 6.45) is 0.756. The number of rotatable bonds is 4. The molecule has 1 unspecified atom stereocenters. The van der Waals surface area contributed by atoms with Gasteiger partial charge in [0.1, 0.15) is 0 Å². The van der Waals surface area contributed by atoms with Gasteiger partial charge >= 0.3 is 0 Å². The molecule has 0 spiro atoms. The van der Waals surface area contributed by atoms with Gasteiger partial charge in [0.2, 0.25) is 0 Å². The molecule has 0 aromatic heterocycles. The quantitative estimate of drug-likeness (QED) is 0.829. The molecule has 16 heavy (non-hydrogen) atoms. The molecule has 3 N–H and O–H groups in total. The summed E-state index contributed by atoms with van der Waals surface area (Å²) >= 11 is 0. The molecule has 0 saturated carbocycles. The second-order valence-electron chi connectivity index (χ2n) is 3.93. The zero-order chi connectivity index (χ0) is 12.3. The SMILES string of the molecule is COc1c(F)cc(C(C)CCN)c(C)c1O. The Kier molecular flexibility index (Phi) is 4.12. The van der Waals surface area contributed by atoms with Crippen molar-refractivity contribution in [3.63, 3.8) is 0 Å². The lowest BCUT2D eigenvalue weighted by Gasteiger charge is -2.17. The van der Waals surface area contributed by atoms with Gasteiger partial charge in [0.25, 0.3) is 0 Å². The normalized spacial score (nSPS) is 12.6. The average molecular weight is 227 g/mol. The van der Waals surface area contributed by atoms with Crippen LogP contribution in [0.25, 0.3) is 0 Å². The molecule has 90 valence electrons. The lowest BCUT2D eigenvalue weighted by atomic mass is 9.93. The number of benzene rings is 1. The van der Waals surface area contributed by atoms with Crippen LogP contribution in [0, 0.1) is 12.7 Å². The lowest BCUT2D eigenvalue weighted by molar-refractivity contribution is 0.348. The largest absolute Gasteiger partial charge is 0.504 e. The number of methoxy groups -OCH3 is 1. The van der Waals surface area contributed by atoms with Gasteiger partial charge in [-0.25, -0.2) is 4.39 Å². The Morgan fingerprint density at radius 2 is 2.19 bits per heavy atom. The number of nitrogens with two attached hydrogens (primary N) is 1. The van der Waals surface area contributed by atoms with Crippen LogP contribution in [-0.2, 0) is 0 Å². The minimum Gasteiger partial charge on any atom is -0.504 e. The van der Waals surface area contributed by atoms with E-state index in [1.54, 1.807) is 6.92 Å². The summed E-state index contributed by atoms with van der Waals surface area (Å²) in [5.41, 5.74) is 6.90. The van der Waals surface area contributed by atoms with Crippen LogP contribution >= 0.6 is 0 Å². The molecular formula is C12H18FNO2. The van der Waals surface area contributed by atoms with E-state index in [0.29, 0.717) is 12.1 Å². The first-order valence-corrected chi connectivity index (χ1v) is 5.28. The van der Waals surface area contributed by atoms with Crippen molar-refractivity contribution in [2.45, 2.75) is 26.2 Å². The molecule has 0 bridgehead atoms. The first kappa shape index (κ1) is 12.8. The highest BCUT2D eigenvalue weighted by atomic mass is 19.1. The average Bonchev–Trinajstić information content (AvgIpc) is 2.24. The summed E-state index contributed by atoms with van der Waals surface area (Å²) < 4.78 is 18.4. The maximum absolute atomic E-state index is 13.6. The molecular weight excluding hydrogens is 209 g/mol. The van der Waals surface area contributed by atoms with Crippen LogP contribution in [0.15, 0.2) is 6.07 Å². The van der Waals surface area contributed by atoms with Gasteiger partial charge in [-0.2, -0.15) is 0 Å². The van der Waals surface area contributed by atoms with E-state index in [2.05, 4.69) is 0 Å². The van der Waals surface area contributed by atoms with Crippen molar-refractivity contribution in [1.82, 2.24) is 0 Å². The van der Waals surface area contributed by atoms with Gasteiger partial charge in [-0.15, -0.1) is 0 Å². The van der Waals surface area contributed by atoms with E-state index in [0.717, 1.165) is 12.0 Å². The van der Waals surface area contributed by atoms with Crippen LogP contribution in [0.3, 0.4) is 0 Å². The molecule has 1 aromatic carbocycles. The number of phenols is 1. The van der Waals surface area contributed by atoms with Crippen LogP contribution in [0.5, 0.6) is 11.5 Å². The van der Waals surface area contributed by atoms with Gasteiger partial charge in [-0.05, 0) is 43.0 Å². The second kappa shape index (κ2) is 5.16. The smallest absolute Gasteiger partial charge is 0.196 e. The Labute approximate surface area is 95.0 Å². The second-order valence-corrected chi connectivity index (χ2v) is 3.93. The molecule has 0 heterocycles. The van der Waals surface area contributed by atoms with Crippen molar-refractivity contribution >= 4 is 0 Å². The number of hydrogen-bond acceptors (Lipinski definition) is 3. The molecule has 4 heteroatoms. The Morgan fingerprint density at radius 3 is 2.69 bits per heavy atom. The maximum Gasteiger partial charge on any atom is 0.196 e. The van der Waals surface area contributed by atoms with Crippen molar-refractivity contribution in [2.75, 3.05) is 13.7 Å². The topological polar surface area (TPSA) is 55.5 Å². The third-order valence-corrected chi connectivity index (χ3v) is 2.84. The van der Waals surface area contributed by atoms with Crippen molar-refractivity contribution < 1.29 is 14.2 Å². The third-order valence-electron chi connectivity index (χ3n) is 2.84. The van der Waals surface area contributed by atoms with Crippen molar-refractivity contribution in [1.29, 1.82) is 0 Å². The first-order chi connectivity index (χ1) is 7.52. The van der Waals surface area contributed by atoms with Crippen molar-refractivity contribution in [3.8, 4) is 11.5 Å². The fourth-order valence-corrected chi connectivity index (χ4v) is 1.84. The van der Waals surface area contributed by atoms with E-state index in [-0.39, 0.29) is 17.4 Å². The van der Waals surface area contributed by atoms with E-state index < -0.39 is 5.82 Å². The Balaban J connectivity index is 3.22. The monoisotopic (exact) mass is 227 g/mol. The molecule has 0 aliphatic rings. The minimum absolute atomic E-state index is 0.0961. The fraction of sp³-hybridized carbons (Fsp3) is 0.500. The van der Waals surface area contributed by atoms with Gasteiger partial charge in [0, 0.05) is 0 Å². The van der Waals surface area contributed by atoms with E-state index in [9.17, 15) is 9.50 Å². The summed E-state index contributed by atoms with van der Waals surface area (Å²) in [6.45, 7) is 4.25. The van der Waals surface area contributed by atoms with Crippen molar-refractivity contribution in [3.05, 3.63) is 23.0 Å². The van der Waals surface area contributed by atoms with E-state index in [4.69, 9.17) is 10.5 Å². The van der Waals surface area contributed by atoms with Gasteiger partial charge < -0.3 is 15.6 Å². The van der Waals surface area contributed by atoms with Crippen molar-refractivity contribution in [2.24, 2.45) is 5.73 Å². The van der Waals surface area contributed by atoms with Gasteiger partial charge in [-0.3, -0.25) is 0 Å². The predicted octanol–water partition coefficient (Wildman–Crippen LogP) is 2.30. The number of phenolic OH excluding ortho intramolecular Hbond substituents is 1. The number of hydrogen-bond donors (Lipinski definition) is 2. The zero-order valence-electron chi connectivity index (χ0n) is 9.88. The Bertz CT molecular complexity index is 380. The van der Waals surface area contributed by atoms with E-state index in [1.807, 2.05) is 6.92 Å². The van der Waals surface area contributed by atoms with E-state index in [1.165, 1.54) is 13.2 Å². The fourth-order valence-electron chi connectivity index (χ4n) is 1.84. The molecule has 0 fully saturated rings. The van der Waals surface area contributed by atoms with Crippen LogP contribution in [-0.4, -0.2) is 18.8 Å². The van der Waals surface area contributed by atoms with Gasteiger partial charge in [-0.1, -0.05) is 6.92 Å². The Hall–Kier alpha value is -1.29. The maximum atomic E-state index is 13.6. The molecule has 0 aliphatic carbocycles. The standard InChI is InChI=1S/C12H18FNO2/c1-7(4-5-14)9-6-10(13)12(16-3)11(15)8(9)2/h6-7,15H,4-5,14H2,1-3H3. The lowest BCUT2D eigenvalue weighted by Crippen LogP contribution is -2.07. The molecule has 0 saturated heterocycles. The molecule has 1 aromatic rings. The highest BCUT2D eigenvalue weighted by Gasteiger charge is 2.18. The molecule has 0 aliphatic heterocycles. The zero-order valence-corrected chi connectivity index (χ0v) is 9.88. The molecule has 1 atom stereocenters. The van der Waals surface area contributed by atoms with Gasteiger partial charge in [0.05, 0.1) is 7.11 Å². The molecule has 3 nitrogen and oxygen atoms in total. The Morgan fingerprint density at radius 1 is 1.56 bits per heavy atom. The minimum atomic E-state index is -0.538. The molecule has 1 rings (SSSR count). The summed E-state index contributed by atoms with van der Waals surface area (Å²) in [4.78, 5) is 0. The molecule has 0 amide bonds. The summed E-state index contributed by atoms with van der Waals surface area (Å²) in [5, 5.41) is 9.78. The van der Waals surface area contributed by atoms with Crippen LogP contribution in [0.1, 0.15) is 30.4 Å². The number of halogens is 1. The molecule has 0 radical (unpaired) electrons. The number of aromatic hydroxyl groups is 1. The van der Waals surface area contributed by atoms with E-state index >= 15 is 0 Å². The van der Waals surface area contributed by atoms with Gasteiger partial charge in [0.15, 0.2) is 17.3 Å². The van der Waals surface area contributed by atoms with Crippen LogP contribution in [0.2, 0.25) is 0 Å². The third kappa shape index (κ3) is 2.27. The van der Waals surface area contributed by atoms with Crippen LogP contribution in [0.4, 0.5) is 4.39 Å². The highest BCUT2D eigenvalue weighted by molar-refractivity contribution is 5.51. The number of ether oxygens (including phenoxy) is 1. The van der Waals surface area contributed by atoms with Crippen LogP contribution < -0.4 is 10.5 Å². The predicted molar refractivity (Wildman–Crippen MR) is 61.4 cm³/mol. The summed E-state index contributed by atoms with van der Waals surface area (Å²) in [5.74, 6) is -0.636. The highest BCUT2D eigenvalue weighted by Crippen LogP contribution is 2.37.